The Morgan fingerprint density at radius 3 is 2.65 bits per heavy atom. The Labute approximate surface area is 120 Å². The first-order valence-electron chi connectivity index (χ1n) is 6.88. The number of nitriles is 1. The molecule has 0 saturated carbocycles. The topological polar surface area (TPSA) is 70.8 Å². The lowest BCUT2D eigenvalue weighted by Crippen LogP contribution is -2.14. The van der Waals surface area contributed by atoms with Crippen LogP contribution in [0.5, 0.6) is 0 Å². The third kappa shape index (κ3) is 4.32. The summed E-state index contributed by atoms with van der Waals surface area (Å²) in [6.45, 7) is 11.4. The summed E-state index contributed by atoms with van der Waals surface area (Å²) in [5, 5.41) is 20.7. The molecular formula is C15H22N4O. The van der Waals surface area contributed by atoms with E-state index in [1.807, 2.05) is 20.8 Å². The van der Waals surface area contributed by atoms with E-state index in [0.717, 1.165) is 29.7 Å². The van der Waals surface area contributed by atoms with Crippen molar-refractivity contribution in [2.75, 3.05) is 25.1 Å². The number of rotatable bonds is 8. The number of hydrogen-bond acceptors (Lipinski definition) is 5. The van der Waals surface area contributed by atoms with Crippen molar-refractivity contribution in [1.29, 1.82) is 5.26 Å². The number of nitrogens with zero attached hydrogens (tertiary/aromatic N) is 3. The molecular weight excluding hydrogens is 252 g/mol. The first kappa shape index (κ1) is 16.1. The maximum Gasteiger partial charge on any atom is 0.167 e. The molecule has 5 nitrogen and oxygen atoms in total. The van der Waals surface area contributed by atoms with Crippen LogP contribution in [0.15, 0.2) is 12.2 Å². The monoisotopic (exact) mass is 274 g/mol. The lowest BCUT2D eigenvalue weighted by molar-refractivity contribution is 0.167. The predicted octanol–water partition coefficient (Wildman–Crippen LogP) is 2.48. The molecule has 0 spiro atoms. The van der Waals surface area contributed by atoms with E-state index in [4.69, 9.17) is 4.74 Å². The lowest BCUT2D eigenvalue weighted by atomic mass is 10.0. The van der Waals surface area contributed by atoms with Crippen LogP contribution in [0.4, 0.5) is 5.82 Å². The van der Waals surface area contributed by atoms with Crippen LogP contribution in [-0.4, -0.2) is 30.0 Å². The molecule has 0 bridgehead atoms. The van der Waals surface area contributed by atoms with Crippen LogP contribution in [0.25, 0.3) is 0 Å². The number of anilines is 1. The SMILES string of the molecule is C=C(C)COCCNc1nnc(CC)c(CC)c1C#N. The third-order valence-electron chi connectivity index (χ3n) is 2.85. The highest BCUT2D eigenvalue weighted by Gasteiger charge is 2.13. The number of hydrogen-bond donors (Lipinski definition) is 1. The second kappa shape index (κ2) is 8.28. The van der Waals surface area contributed by atoms with E-state index in [0.29, 0.717) is 31.1 Å². The van der Waals surface area contributed by atoms with E-state index in [1.54, 1.807) is 0 Å². The summed E-state index contributed by atoms with van der Waals surface area (Å²) >= 11 is 0. The Bertz CT molecular complexity index is 505. The van der Waals surface area contributed by atoms with Gasteiger partial charge in [-0.25, -0.2) is 0 Å². The Morgan fingerprint density at radius 1 is 1.35 bits per heavy atom. The molecule has 0 aliphatic carbocycles. The van der Waals surface area contributed by atoms with Gasteiger partial charge in [0, 0.05) is 6.54 Å². The summed E-state index contributed by atoms with van der Waals surface area (Å²) in [5.74, 6) is 0.542. The van der Waals surface area contributed by atoms with Gasteiger partial charge >= 0.3 is 0 Å². The van der Waals surface area contributed by atoms with Gasteiger partial charge in [0.05, 0.1) is 18.9 Å². The van der Waals surface area contributed by atoms with Gasteiger partial charge in [0.1, 0.15) is 11.6 Å². The van der Waals surface area contributed by atoms with Crippen LogP contribution >= 0.6 is 0 Å². The lowest BCUT2D eigenvalue weighted by Gasteiger charge is -2.12. The summed E-state index contributed by atoms with van der Waals surface area (Å²) in [5.41, 5.74) is 3.46. The van der Waals surface area contributed by atoms with E-state index in [2.05, 4.69) is 28.2 Å². The number of aryl methyl sites for hydroxylation is 1. The average molecular weight is 274 g/mol. The molecule has 0 aromatic carbocycles. The molecule has 1 aromatic heterocycles. The van der Waals surface area contributed by atoms with Crippen molar-refractivity contribution in [3.8, 4) is 6.07 Å². The van der Waals surface area contributed by atoms with Crippen molar-refractivity contribution < 1.29 is 4.74 Å². The molecule has 0 atom stereocenters. The molecule has 1 aromatic rings. The van der Waals surface area contributed by atoms with Gasteiger partial charge < -0.3 is 10.1 Å². The number of ether oxygens (including phenoxy) is 1. The fourth-order valence-corrected chi connectivity index (χ4v) is 1.91. The molecule has 1 N–H and O–H groups in total. The van der Waals surface area contributed by atoms with Gasteiger partial charge in [-0.1, -0.05) is 26.0 Å². The van der Waals surface area contributed by atoms with Gasteiger partial charge in [-0.2, -0.15) is 10.4 Å². The minimum absolute atomic E-state index is 0.538. The maximum atomic E-state index is 9.33. The molecule has 1 heterocycles. The van der Waals surface area contributed by atoms with Gasteiger partial charge in [0.15, 0.2) is 5.82 Å². The molecule has 0 saturated heterocycles. The fourth-order valence-electron chi connectivity index (χ4n) is 1.91. The minimum Gasteiger partial charge on any atom is -0.375 e. The Hall–Kier alpha value is -1.93. The van der Waals surface area contributed by atoms with E-state index in [9.17, 15) is 5.26 Å². The summed E-state index contributed by atoms with van der Waals surface area (Å²) in [4.78, 5) is 0. The van der Waals surface area contributed by atoms with Crippen molar-refractivity contribution in [2.24, 2.45) is 0 Å². The van der Waals surface area contributed by atoms with E-state index < -0.39 is 0 Å². The van der Waals surface area contributed by atoms with Gasteiger partial charge in [0.2, 0.25) is 0 Å². The average Bonchev–Trinajstić information content (AvgIpc) is 2.45. The maximum absolute atomic E-state index is 9.33. The first-order chi connectivity index (χ1) is 9.63. The summed E-state index contributed by atoms with van der Waals surface area (Å²) in [7, 11) is 0. The molecule has 20 heavy (non-hydrogen) atoms. The largest absolute Gasteiger partial charge is 0.375 e. The van der Waals surface area contributed by atoms with Gasteiger partial charge in [-0.15, -0.1) is 5.10 Å². The normalized spacial score (nSPS) is 10.1. The Morgan fingerprint density at radius 2 is 2.10 bits per heavy atom. The van der Waals surface area contributed by atoms with Crippen LogP contribution in [0.1, 0.15) is 37.6 Å². The summed E-state index contributed by atoms with van der Waals surface area (Å²) in [6, 6.07) is 2.23. The van der Waals surface area contributed by atoms with Crippen molar-refractivity contribution in [1.82, 2.24) is 10.2 Å². The van der Waals surface area contributed by atoms with Crippen molar-refractivity contribution in [2.45, 2.75) is 33.6 Å². The van der Waals surface area contributed by atoms with E-state index in [-0.39, 0.29) is 0 Å². The standard InChI is InChI=1S/C15H22N4O/c1-5-12-13(9-16)15(19-18-14(12)6-2)17-7-8-20-10-11(3)4/h3,5-8,10H2,1-2,4H3,(H,17,19). The van der Waals surface area contributed by atoms with Crippen LogP contribution in [0.2, 0.25) is 0 Å². The predicted molar refractivity (Wildman–Crippen MR) is 79.6 cm³/mol. The van der Waals surface area contributed by atoms with Gasteiger partial charge in [-0.05, 0) is 25.3 Å². The van der Waals surface area contributed by atoms with E-state index in [1.165, 1.54) is 0 Å². The van der Waals surface area contributed by atoms with Crippen molar-refractivity contribution in [3.63, 3.8) is 0 Å². The highest BCUT2D eigenvalue weighted by molar-refractivity contribution is 5.56. The van der Waals surface area contributed by atoms with Crippen molar-refractivity contribution in [3.05, 3.63) is 29.0 Å². The molecule has 0 radical (unpaired) electrons. The quantitative estimate of drug-likeness (QED) is 0.582. The zero-order valence-corrected chi connectivity index (χ0v) is 12.5. The fraction of sp³-hybridized carbons (Fsp3) is 0.533. The molecule has 1 rings (SSSR count). The molecule has 0 unspecified atom stereocenters. The Kier molecular flexibility index (Phi) is 6.68. The molecule has 0 aliphatic rings. The second-order valence-corrected chi connectivity index (χ2v) is 4.60. The van der Waals surface area contributed by atoms with E-state index >= 15 is 0 Å². The number of nitrogens with one attached hydrogen (secondary N) is 1. The molecule has 0 fully saturated rings. The highest BCUT2D eigenvalue weighted by Crippen LogP contribution is 2.19. The van der Waals surface area contributed by atoms with Crippen molar-refractivity contribution >= 4 is 5.82 Å². The molecule has 5 heteroatoms. The highest BCUT2D eigenvalue weighted by atomic mass is 16.5. The zero-order chi connectivity index (χ0) is 15.0. The van der Waals surface area contributed by atoms with Crippen LogP contribution in [-0.2, 0) is 17.6 Å². The molecule has 0 amide bonds. The van der Waals surface area contributed by atoms with Gasteiger partial charge in [-0.3, -0.25) is 0 Å². The summed E-state index contributed by atoms with van der Waals surface area (Å²) in [6.07, 6.45) is 1.56. The van der Waals surface area contributed by atoms with Crippen LogP contribution in [0.3, 0.4) is 0 Å². The van der Waals surface area contributed by atoms with Gasteiger partial charge in [0.25, 0.3) is 0 Å². The van der Waals surface area contributed by atoms with Crippen LogP contribution in [0, 0.1) is 11.3 Å². The zero-order valence-electron chi connectivity index (χ0n) is 12.5. The third-order valence-corrected chi connectivity index (χ3v) is 2.85. The second-order valence-electron chi connectivity index (χ2n) is 4.60. The Balaban J connectivity index is 2.71. The minimum atomic E-state index is 0.538. The smallest absolute Gasteiger partial charge is 0.167 e. The number of aromatic nitrogens is 2. The van der Waals surface area contributed by atoms with Crippen LogP contribution < -0.4 is 5.32 Å². The molecule has 108 valence electrons. The first-order valence-corrected chi connectivity index (χ1v) is 6.88. The summed E-state index contributed by atoms with van der Waals surface area (Å²) < 4.78 is 5.40. The molecule has 0 aliphatic heterocycles.